The quantitative estimate of drug-likeness (QED) is 0.829. The lowest BCUT2D eigenvalue weighted by molar-refractivity contribution is 0.361. The van der Waals surface area contributed by atoms with Crippen molar-refractivity contribution < 1.29 is 0 Å². The van der Waals surface area contributed by atoms with Crippen molar-refractivity contribution in [2.24, 2.45) is 0 Å². The summed E-state index contributed by atoms with van der Waals surface area (Å²) in [6.45, 7) is 5.32. The molecule has 1 saturated carbocycles. The van der Waals surface area contributed by atoms with Gasteiger partial charge in [0.05, 0.1) is 10.7 Å². The van der Waals surface area contributed by atoms with Crippen molar-refractivity contribution in [3.05, 3.63) is 16.1 Å². The van der Waals surface area contributed by atoms with Crippen LogP contribution in [-0.4, -0.2) is 10.5 Å². The zero-order valence-corrected chi connectivity index (χ0v) is 9.78. The molecular weight excluding hydrogens is 192 g/mol. The Bertz CT molecular complexity index is 300. The van der Waals surface area contributed by atoms with Gasteiger partial charge in [-0.1, -0.05) is 12.8 Å². The largest absolute Gasteiger partial charge is 0.306 e. The maximum absolute atomic E-state index is 4.46. The Morgan fingerprint density at radius 3 is 2.79 bits per heavy atom. The van der Waals surface area contributed by atoms with E-state index in [0.717, 1.165) is 6.54 Å². The maximum Gasteiger partial charge on any atom is 0.0897 e. The van der Waals surface area contributed by atoms with Crippen molar-refractivity contribution in [3.63, 3.8) is 0 Å². The summed E-state index contributed by atoms with van der Waals surface area (Å²) in [5.41, 5.74) is 1.57. The number of hydrogen-bond acceptors (Lipinski definition) is 3. The molecule has 14 heavy (non-hydrogen) atoms. The molecular formula is C11H18N2S. The van der Waals surface area contributed by atoms with Crippen LogP contribution in [0.2, 0.25) is 0 Å². The van der Waals surface area contributed by atoms with E-state index < -0.39 is 0 Å². The summed E-state index contributed by atoms with van der Waals surface area (Å²) >= 11 is 1.73. The van der Waals surface area contributed by atoms with E-state index in [1.165, 1.54) is 36.4 Å². The second-order valence-electron chi connectivity index (χ2n) is 4.48. The Balaban J connectivity index is 1.87. The van der Waals surface area contributed by atoms with Crippen LogP contribution in [-0.2, 0) is 6.54 Å². The molecule has 1 aromatic heterocycles. The highest BCUT2D eigenvalue weighted by molar-refractivity contribution is 7.09. The van der Waals surface area contributed by atoms with Gasteiger partial charge in [0.1, 0.15) is 0 Å². The fourth-order valence-corrected chi connectivity index (χ4v) is 2.74. The average molecular weight is 210 g/mol. The molecule has 1 aliphatic rings. The highest BCUT2D eigenvalue weighted by Crippen LogP contribution is 2.29. The molecule has 0 aromatic carbocycles. The van der Waals surface area contributed by atoms with Gasteiger partial charge >= 0.3 is 0 Å². The number of nitrogens with zero attached hydrogens (tertiary/aromatic N) is 1. The van der Waals surface area contributed by atoms with Gasteiger partial charge < -0.3 is 5.32 Å². The molecule has 0 aliphatic heterocycles. The molecule has 1 heterocycles. The van der Waals surface area contributed by atoms with Gasteiger partial charge in [0.15, 0.2) is 0 Å². The maximum atomic E-state index is 4.46. The van der Waals surface area contributed by atoms with E-state index in [4.69, 9.17) is 0 Å². The van der Waals surface area contributed by atoms with Gasteiger partial charge in [0, 0.05) is 17.5 Å². The second-order valence-corrected chi connectivity index (χ2v) is 5.54. The van der Waals surface area contributed by atoms with Crippen LogP contribution in [0.15, 0.2) is 5.38 Å². The minimum absolute atomic E-state index is 0.373. The predicted octanol–water partition coefficient (Wildman–Crippen LogP) is 2.87. The molecule has 0 amide bonds. The first-order valence-corrected chi connectivity index (χ1v) is 6.22. The third-order valence-corrected chi connectivity index (χ3v) is 3.89. The van der Waals surface area contributed by atoms with Gasteiger partial charge in [-0.15, -0.1) is 11.3 Å². The number of aromatic nitrogens is 1. The van der Waals surface area contributed by atoms with Crippen LogP contribution in [0.5, 0.6) is 0 Å². The van der Waals surface area contributed by atoms with Crippen LogP contribution in [0.25, 0.3) is 0 Å². The van der Waals surface area contributed by atoms with E-state index in [1.807, 2.05) is 0 Å². The molecule has 78 valence electrons. The molecule has 0 atom stereocenters. The molecule has 1 N–H and O–H groups in total. The monoisotopic (exact) mass is 210 g/mol. The lowest BCUT2D eigenvalue weighted by Gasteiger charge is -2.24. The molecule has 0 unspecified atom stereocenters. The standard InChI is InChI=1S/C11H18N2S/c1-9-13-10(8-14-9)7-12-11(2)5-3-4-6-11/h8,12H,3-7H2,1-2H3. The highest BCUT2D eigenvalue weighted by Gasteiger charge is 2.27. The smallest absolute Gasteiger partial charge is 0.0897 e. The second kappa shape index (κ2) is 3.99. The Morgan fingerprint density at radius 1 is 1.50 bits per heavy atom. The van der Waals surface area contributed by atoms with Gasteiger partial charge in [-0.3, -0.25) is 0 Å². The molecule has 1 fully saturated rings. The summed E-state index contributed by atoms with van der Waals surface area (Å²) in [5, 5.41) is 6.95. The summed E-state index contributed by atoms with van der Waals surface area (Å²) in [7, 11) is 0. The predicted molar refractivity (Wildman–Crippen MR) is 60.6 cm³/mol. The number of aryl methyl sites for hydroxylation is 1. The number of nitrogens with one attached hydrogen (secondary N) is 1. The van der Waals surface area contributed by atoms with Crippen LogP contribution in [0, 0.1) is 6.92 Å². The van der Waals surface area contributed by atoms with E-state index in [9.17, 15) is 0 Å². The van der Waals surface area contributed by atoms with Crippen molar-refractivity contribution in [2.75, 3.05) is 0 Å². The molecule has 0 spiro atoms. The van der Waals surface area contributed by atoms with E-state index in [2.05, 4.69) is 29.5 Å². The minimum atomic E-state index is 0.373. The third kappa shape index (κ3) is 2.34. The van der Waals surface area contributed by atoms with E-state index in [1.54, 1.807) is 11.3 Å². The van der Waals surface area contributed by atoms with Crippen molar-refractivity contribution in [2.45, 2.75) is 51.6 Å². The molecule has 0 bridgehead atoms. The van der Waals surface area contributed by atoms with Crippen molar-refractivity contribution in [3.8, 4) is 0 Å². The average Bonchev–Trinajstić information content (AvgIpc) is 2.73. The Kier molecular flexibility index (Phi) is 2.88. The lowest BCUT2D eigenvalue weighted by atomic mass is 10.0. The lowest BCUT2D eigenvalue weighted by Crippen LogP contribution is -2.38. The molecule has 1 aromatic rings. The summed E-state index contributed by atoms with van der Waals surface area (Å²) in [5.74, 6) is 0. The number of thiazole rings is 1. The fraction of sp³-hybridized carbons (Fsp3) is 0.727. The van der Waals surface area contributed by atoms with Crippen LogP contribution >= 0.6 is 11.3 Å². The van der Waals surface area contributed by atoms with E-state index in [0.29, 0.717) is 5.54 Å². The van der Waals surface area contributed by atoms with E-state index in [-0.39, 0.29) is 0 Å². The van der Waals surface area contributed by atoms with E-state index >= 15 is 0 Å². The molecule has 1 aliphatic carbocycles. The zero-order valence-electron chi connectivity index (χ0n) is 8.97. The normalized spacial score (nSPS) is 20.1. The summed E-state index contributed by atoms with van der Waals surface area (Å²) in [4.78, 5) is 4.46. The summed E-state index contributed by atoms with van der Waals surface area (Å²) in [6, 6.07) is 0. The summed E-state index contributed by atoms with van der Waals surface area (Å²) in [6.07, 6.45) is 5.38. The zero-order chi connectivity index (χ0) is 10.0. The Morgan fingerprint density at radius 2 is 2.21 bits per heavy atom. The molecule has 0 saturated heterocycles. The third-order valence-electron chi connectivity index (χ3n) is 3.07. The number of hydrogen-bond donors (Lipinski definition) is 1. The number of rotatable bonds is 3. The SMILES string of the molecule is Cc1nc(CNC2(C)CCCC2)cs1. The van der Waals surface area contributed by atoms with Gasteiger partial charge in [-0.25, -0.2) is 4.98 Å². The fourth-order valence-electron chi connectivity index (χ4n) is 2.13. The summed E-state index contributed by atoms with van der Waals surface area (Å²) < 4.78 is 0. The van der Waals surface area contributed by atoms with Crippen LogP contribution < -0.4 is 5.32 Å². The van der Waals surface area contributed by atoms with Gasteiger partial charge in [0.25, 0.3) is 0 Å². The first-order chi connectivity index (χ1) is 6.68. The minimum Gasteiger partial charge on any atom is -0.306 e. The topological polar surface area (TPSA) is 24.9 Å². The molecule has 2 rings (SSSR count). The Hall–Kier alpha value is -0.410. The van der Waals surface area contributed by atoms with Crippen molar-refractivity contribution >= 4 is 11.3 Å². The highest BCUT2D eigenvalue weighted by atomic mass is 32.1. The first kappa shape index (κ1) is 10.1. The van der Waals surface area contributed by atoms with Gasteiger partial charge in [-0.2, -0.15) is 0 Å². The van der Waals surface area contributed by atoms with Crippen molar-refractivity contribution in [1.82, 2.24) is 10.3 Å². The van der Waals surface area contributed by atoms with Crippen molar-refractivity contribution in [1.29, 1.82) is 0 Å². The van der Waals surface area contributed by atoms with Gasteiger partial charge in [-0.05, 0) is 26.7 Å². The Labute approximate surface area is 89.8 Å². The van der Waals surface area contributed by atoms with Crippen LogP contribution in [0.4, 0.5) is 0 Å². The first-order valence-electron chi connectivity index (χ1n) is 5.34. The molecule has 2 nitrogen and oxygen atoms in total. The molecule has 3 heteroatoms. The van der Waals surface area contributed by atoms with Crippen LogP contribution in [0.1, 0.15) is 43.3 Å². The van der Waals surface area contributed by atoms with Gasteiger partial charge in [0.2, 0.25) is 0 Å². The van der Waals surface area contributed by atoms with Crippen LogP contribution in [0.3, 0.4) is 0 Å². The molecule has 0 radical (unpaired) electrons.